The smallest absolute Gasteiger partial charge is 0.168 e. The molecule has 1 aromatic carbocycles. The highest BCUT2D eigenvalue weighted by molar-refractivity contribution is 5.39. The molecule has 1 rings (SSSR count). The first-order valence-corrected chi connectivity index (χ1v) is 3.05. The zero-order valence-corrected chi connectivity index (χ0v) is 5.71. The molecule has 0 saturated heterocycles. The van der Waals surface area contributed by atoms with E-state index in [9.17, 15) is 4.39 Å². The van der Waals surface area contributed by atoms with Gasteiger partial charge in [0, 0.05) is 18.2 Å². The van der Waals surface area contributed by atoms with Crippen molar-refractivity contribution in [3.63, 3.8) is 0 Å². The minimum Gasteiger partial charge on any atom is -0.508 e. The van der Waals surface area contributed by atoms with Gasteiger partial charge in [0.25, 0.3) is 0 Å². The van der Waals surface area contributed by atoms with Gasteiger partial charge in [-0.05, 0) is 6.07 Å². The van der Waals surface area contributed by atoms with Gasteiger partial charge < -0.3 is 15.9 Å². The Kier molecular flexibility index (Phi) is 1.96. The molecule has 0 saturated carbocycles. The fourth-order valence-electron chi connectivity index (χ4n) is 0.758. The molecule has 0 fully saturated rings. The summed E-state index contributed by atoms with van der Waals surface area (Å²) in [5.41, 5.74) is 5.50. The predicted molar refractivity (Wildman–Crippen MR) is 37.6 cm³/mol. The van der Waals surface area contributed by atoms with Crippen LogP contribution in [0.2, 0.25) is 0 Å². The van der Waals surface area contributed by atoms with E-state index in [1.807, 2.05) is 0 Å². The van der Waals surface area contributed by atoms with Crippen LogP contribution in [0.1, 0.15) is 5.56 Å². The first-order chi connectivity index (χ1) is 5.15. The SMILES string of the molecule is NCc1cc(O)c(F)cc1O. The molecule has 11 heavy (non-hydrogen) atoms. The van der Waals surface area contributed by atoms with Crippen LogP contribution in [-0.2, 0) is 6.54 Å². The van der Waals surface area contributed by atoms with E-state index in [2.05, 4.69) is 0 Å². The molecule has 0 aromatic heterocycles. The molecule has 0 amide bonds. The van der Waals surface area contributed by atoms with E-state index >= 15 is 0 Å². The summed E-state index contributed by atoms with van der Waals surface area (Å²) < 4.78 is 12.4. The summed E-state index contributed by atoms with van der Waals surface area (Å²) in [4.78, 5) is 0. The Morgan fingerprint density at radius 2 is 1.91 bits per heavy atom. The molecule has 60 valence electrons. The molecule has 4 N–H and O–H groups in total. The summed E-state index contributed by atoms with van der Waals surface area (Å²) in [5, 5.41) is 17.8. The van der Waals surface area contributed by atoms with Crippen molar-refractivity contribution in [2.75, 3.05) is 0 Å². The molecule has 1 aromatic rings. The lowest BCUT2D eigenvalue weighted by Crippen LogP contribution is -1.96. The minimum atomic E-state index is -0.848. The van der Waals surface area contributed by atoms with Gasteiger partial charge in [0.05, 0.1) is 0 Å². The summed E-state index contributed by atoms with van der Waals surface area (Å²) in [6, 6.07) is 1.93. The molecule has 0 spiro atoms. The average molecular weight is 157 g/mol. The number of halogens is 1. The highest BCUT2D eigenvalue weighted by Crippen LogP contribution is 2.24. The maximum atomic E-state index is 12.4. The maximum Gasteiger partial charge on any atom is 0.168 e. The van der Waals surface area contributed by atoms with Crippen LogP contribution in [0.5, 0.6) is 11.5 Å². The van der Waals surface area contributed by atoms with Gasteiger partial charge in [-0.3, -0.25) is 0 Å². The summed E-state index contributed by atoms with van der Waals surface area (Å²) in [5.74, 6) is -1.58. The van der Waals surface area contributed by atoms with Crippen molar-refractivity contribution in [1.82, 2.24) is 0 Å². The lowest BCUT2D eigenvalue weighted by Gasteiger charge is -2.02. The quantitative estimate of drug-likeness (QED) is 0.525. The summed E-state index contributed by atoms with van der Waals surface area (Å²) >= 11 is 0. The molecule has 0 aliphatic carbocycles. The van der Waals surface area contributed by atoms with E-state index in [4.69, 9.17) is 15.9 Å². The molecular formula is C7H8FNO2. The van der Waals surface area contributed by atoms with Crippen LogP contribution in [0.4, 0.5) is 4.39 Å². The van der Waals surface area contributed by atoms with Crippen molar-refractivity contribution in [3.8, 4) is 11.5 Å². The van der Waals surface area contributed by atoms with E-state index in [0.717, 1.165) is 12.1 Å². The number of hydrogen-bond donors (Lipinski definition) is 3. The van der Waals surface area contributed by atoms with Gasteiger partial charge in [0.2, 0.25) is 0 Å². The van der Waals surface area contributed by atoms with E-state index in [0.29, 0.717) is 5.56 Å². The standard InChI is InChI=1S/C7H8FNO2/c8-5-2-6(10)4(3-9)1-7(5)11/h1-2,10-11H,3,9H2. The van der Waals surface area contributed by atoms with Crippen molar-refractivity contribution < 1.29 is 14.6 Å². The second kappa shape index (κ2) is 2.75. The summed E-state index contributed by atoms with van der Waals surface area (Å²) in [6.07, 6.45) is 0. The third-order valence-corrected chi connectivity index (χ3v) is 1.37. The number of nitrogens with two attached hydrogens (primary N) is 1. The molecule has 4 heteroatoms. The fraction of sp³-hybridized carbons (Fsp3) is 0.143. The van der Waals surface area contributed by atoms with Crippen molar-refractivity contribution in [1.29, 1.82) is 0 Å². The van der Waals surface area contributed by atoms with Crippen LogP contribution in [0.25, 0.3) is 0 Å². The topological polar surface area (TPSA) is 66.5 Å². The Labute approximate surface area is 62.9 Å². The van der Waals surface area contributed by atoms with E-state index in [1.54, 1.807) is 0 Å². The molecule has 0 aliphatic rings. The zero-order chi connectivity index (χ0) is 8.43. The normalized spacial score (nSPS) is 10.0. The number of phenols is 2. The number of hydrogen-bond acceptors (Lipinski definition) is 3. The first-order valence-electron chi connectivity index (χ1n) is 3.05. The lowest BCUT2D eigenvalue weighted by molar-refractivity contribution is 0.418. The molecule has 0 bridgehead atoms. The van der Waals surface area contributed by atoms with Crippen molar-refractivity contribution in [2.24, 2.45) is 5.73 Å². The highest BCUT2D eigenvalue weighted by atomic mass is 19.1. The average Bonchev–Trinajstić information content (AvgIpc) is 1.97. The number of aromatic hydroxyl groups is 2. The van der Waals surface area contributed by atoms with Crippen LogP contribution < -0.4 is 5.73 Å². The minimum absolute atomic E-state index is 0.0691. The highest BCUT2D eigenvalue weighted by Gasteiger charge is 2.05. The third kappa shape index (κ3) is 1.40. The molecule has 0 atom stereocenters. The Hall–Kier alpha value is -1.29. The van der Waals surface area contributed by atoms with E-state index in [-0.39, 0.29) is 12.3 Å². The molecule has 0 heterocycles. The van der Waals surface area contributed by atoms with Gasteiger partial charge in [-0.15, -0.1) is 0 Å². The van der Waals surface area contributed by atoms with Crippen molar-refractivity contribution >= 4 is 0 Å². The molecule has 3 nitrogen and oxygen atoms in total. The summed E-state index contributed by atoms with van der Waals surface area (Å²) in [6.45, 7) is 0.0691. The van der Waals surface area contributed by atoms with Crippen LogP contribution in [0, 0.1) is 5.82 Å². The number of phenolic OH excluding ortho intramolecular Hbond substituents is 2. The fourth-order valence-corrected chi connectivity index (χ4v) is 0.758. The van der Waals surface area contributed by atoms with Gasteiger partial charge in [-0.1, -0.05) is 0 Å². The van der Waals surface area contributed by atoms with E-state index < -0.39 is 11.6 Å². The summed E-state index contributed by atoms with van der Waals surface area (Å²) in [7, 11) is 0. The Morgan fingerprint density at radius 1 is 1.27 bits per heavy atom. The Bertz CT molecular complexity index is 275. The van der Waals surface area contributed by atoms with Crippen molar-refractivity contribution in [2.45, 2.75) is 6.54 Å². The van der Waals surface area contributed by atoms with Gasteiger partial charge >= 0.3 is 0 Å². The van der Waals surface area contributed by atoms with Gasteiger partial charge in [0.15, 0.2) is 11.6 Å². The van der Waals surface area contributed by atoms with Gasteiger partial charge in [-0.2, -0.15) is 0 Å². The van der Waals surface area contributed by atoms with Crippen LogP contribution >= 0.6 is 0 Å². The predicted octanol–water partition coefficient (Wildman–Crippen LogP) is 0.696. The second-order valence-electron chi connectivity index (χ2n) is 2.14. The first kappa shape index (κ1) is 7.81. The third-order valence-electron chi connectivity index (χ3n) is 1.37. The maximum absolute atomic E-state index is 12.4. The molecule has 0 aliphatic heterocycles. The molecular weight excluding hydrogens is 149 g/mol. The van der Waals surface area contributed by atoms with Crippen molar-refractivity contribution in [3.05, 3.63) is 23.5 Å². The number of benzene rings is 1. The van der Waals surface area contributed by atoms with Crippen LogP contribution in [0.3, 0.4) is 0 Å². The number of rotatable bonds is 1. The monoisotopic (exact) mass is 157 g/mol. The lowest BCUT2D eigenvalue weighted by atomic mass is 10.2. The van der Waals surface area contributed by atoms with Crippen LogP contribution in [0.15, 0.2) is 12.1 Å². The van der Waals surface area contributed by atoms with Gasteiger partial charge in [-0.25, -0.2) is 4.39 Å². The second-order valence-corrected chi connectivity index (χ2v) is 2.14. The Balaban J connectivity index is 3.21. The van der Waals surface area contributed by atoms with Crippen LogP contribution in [-0.4, -0.2) is 10.2 Å². The molecule has 0 radical (unpaired) electrons. The molecule has 0 unspecified atom stereocenters. The van der Waals surface area contributed by atoms with E-state index in [1.165, 1.54) is 0 Å². The zero-order valence-electron chi connectivity index (χ0n) is 5.71. The van der Waals surface area contributed by atoms with Gasteiger partial charge in [0.1, 0.15) is 5.75 Å². The largest absolute Gasteiger partial charge is 0.508 e. The Morgan fingerprint density at radius 3 is 2.45 bits per heavy atom.